The van der Waals surface area contributed by atoms with Gasteiger partial charge in [-0.25, -0.2) is 14.1 Å². The summed E-state index contributed by atoms with van der Waals surface area (Å²) in [4.78, 5) is 30.9. The van der Waals surface area contributed by atoms with Crippen LogP contribution >= 0.6 is 11.3 Å². The van der Waals surface area contributed by atoms with Crippen molar-refractivity contribution in [2.75, 3.05) is 20.3 Å². The van der Waals surface area contributed by atoms with Crippen LogP contribution in [0.5, 0.6) is 0 Å². The highest BCUT2D eigenvalue weighted by Crippen LogP contribution is 2.24. The van der Waals surface area contributed by atoms with E-state index in [1.54, 1.807) is 50.6 Å². The van der Waals surface area contributed by atoms with Crippen LogP contribution in [0.15, 0.2) is 40.5 Å². The molecular weight excluding hydrogens is 445 g/mol. The molecule has 3 heterocycles. The van der Waals surface area contributed by atoms with Gasteiger partial charge >= 0.3 is 0 Å². The fourth-order valence-electron chi connectivity index (χ4n) is 3.66. The predicted molar refractivity (Wildman–Crippen MR) is 125 cm³/mol. The number of nitrogens with one attached hydrogen (secondary N) is 1. The third-order valence-corrected chi connectivity index (χ3v) is 6.11. The summed E-state index contributed by atoms with van der Waals surface area (Å²) < 4.78 is 22.2. The van der Waals surface area contributed by atoms with Crippen molar-refractivity contribution in [3.8, 4) is 16.9 Å². The Morgan fingerprint density at radius 2 is 2.06 bits per heavy atom. The second-order valence-corrected chi connectivity index (χ2v) is 8.47. The number of nitrogens with zero attached hydrogens (tertiary/aromatic N) is 4. The Kier molecular flexibility index (Phi) is 6.66. The first-order chi connectivity index (χ1) is 15.9. The largest absolute Gasteiger partial charge is 0.385 e. The first-order valence-corrected chi connectivity index (χ1v) is 11.4. The van der Waals surface area contributed by atoms with Gasteiger partial charge in [-0.3, -0.25) is 14.0 Å². The van der Waals surface area contributed by atoms with Gasteiger partial charge in [0.05, 0.1) is 17.7 Å². The van der Waals surface area contributed by atoms with Crippen LogP contribution < -0.4 is 10.9 Å². The molecule has 0 saturated carbocycles. The summed E-state index contributed by atoms with van der Waals surface area (Å²) in [6.07, 6.45) is 0.765. The Morgan fingerprint density at radius 1 is 1.27 bits per heavy atom. The van der Waals surface area contributed by atoms with Gasteiger partial charge in [-0.1, -0.05) is 12.1 Å². The molecule has 4 rings (SSSR count). The summed E-state index contributed by atoms with van der Waals surface area (Å²) in [7, 11) is 1.61. The molecule has 0 unspecified atom stereocenters. The first-order valence-electron chi connectivity index (χ1n) is 10.5. The van der Waals surface area contributed by atoms with E-state index in [-0.39, 0.29) is 17.9 Å². The summed E-state index contributed by atoms with van der Waals surface area (Å²) in [5.41, 5.74) is 2.49. The maximum atomic E-state index is 14.3. The van der Waals surface area contributed by atoms with Crippen LogP contribution in [0.3, 0.4) is 0 Å². The second kappa shape index (κ2) is 9.63. The van der Waals surface area contributed by atoms with E-state index in [1.807, 2.05) is 0 Å². The number of methoxy groups -OCH3 is 1. The molecule has 0 bridgehead atoms. The average molecular weight is 470 g/mol. The summed E-state index contributed by atoms with van der Waals surface area (Å²) >= 11 is 1.30. The number of halogens is 1. The van der Waals surface area contributed by atoms with Gasteiger partial charge in [0, 0.05) is 37.0 Å². The number of hydrogen-bond donors (Lipinski definition) is 1. The summed E-state index contributed by atoms with van der Waals surface area (Å²) in [5.74, 6) is -0.589. The molecule has 0 radical (unpaired) electrons. The molecule has 1 N–H and O–H groups in total. The lowest BCUT2D eigenvalue weighted by Crippen LogP contribution is -2.28. The number of thiazole rings is 1. The molecule has 1 aromatic carbocycles. The number of aryl methyl sites for hydroxylation is 2. The number of para-hydroxylation sites is 1. The maximum absolute atomic E-state index is 14.3. The second-order valence-electron chi connectivity index (χ2n) is 7.63. The quantitative estimate of drug-likeness (QED) is 0.401. The third-order valence-electron chi connectivity index (χ3n) is 5.23. The van der Waals surface area contributed by atoms with E-state index >= 15 is 0 Å². The Hall–Kier alpha value is -3.37. The van der Waals surface area contributed by atoms with Crippen molar-refractivity contribution in [2.45, 2.75) is 26.7 Å². The molecule has 1 amide bonds. The normalized spacial score (nSPS) is 11.3. The summed E-state index contributed by atoms with van der Waals surface area (Å²) in [6, 6.07) is 8.06. The lowest BCUT2D eigenvalue weighted by atomic mass is 10.1. The molecule has 8 nitrogen and oxygen atoms in total. The third kappa shape index (κ3) is 4.57. The molecule has 172 valence electrons. The van der Waals surface area contributed by atoms with Gasteiger partial charge in [-0.15, -0.1) is 11.3 Å². The Bertz CT molecular complexity index is 1370. The fraction of sp³-hybridized carbons (Fsp3) is 0.304. The smallest absolute Gasteiger partial charge is 0.268 e. The fourth-order valence-corrected chi connectivity index (χ4v) is 4.58. The number of aromatic nitrogens is 4. The molecule has 4 aromatic rings. The highest BCUT2D eigenvalue weighted by molar-refractivity contribution is 7.15. The van der Waals surface area contributed by atoms with Gasteiger partial charge in [-0.05, 0) is 38.5 Å². The van der Waals surface area contributed by atoms with E-state index in [4.69, 9.17) is 4.74 Å². The van der Waals surface area contributed by atoms with Gasteiger partial charge in [0.25, 0.3) is 5.56 Å². The van der Waals surface area contributed by atoms with E-state index < -0.39 is 5.82 Å². The maximum Gasteiger partial charge on any atom is 0.268 e. The first kappa shape index (κ1) is 22.8. The lowest BCUT2D eigenvalue weighted by Gasteiger charge is -2.07. The number of carbonyl (C=O) groups excluding carboxylic acids is 1. The van der Waals surface area contributed by atoms with Crippen molar-refractivity contribution in [3.63, 3.8) is 0 Å². The van der Waals surface area contributed by atoms with Gasteiger partial charge in [0.15, 0.2) is 4.96 Å². The summed E-state index contributed by atoms with van der Waals surface area (Å²) in [6.45, 7) is 4.60. The molecule has 3 aromatic heterocycles. The van der Waals surface area contributed by atoms with Crippen LogP contribution in [0.1, 0.15) is 23.5 Å². The SMILES string of the molecule is COCCCNC(=O)Cc1csc2nc(C)c(-c3cc(C)n(-c4ccccc4F)n3)c(=O)n12. The van der Waals surface area contributed by atoms with Gasteiger partial charge in [0.2, 0.25) is 5.91 Å². The molecule has 10 heteroatoms. The zero-order chi connectivity index (χ0) is 23.5. The van der Waals surface area contributed by atoms with Crippen LogP contribution in [0, 0.1) is 19.7 Å². The van der Waals surface area contributed by atoms with E-state index in [9.17, 15) is 14.0 Å². The van der Waals surface area contributed by atoms with Gasteiger partial charge in [-0.2, -0.15) is 5.10 Å². The minimum absolute atomic E-state index is 0.0553. The lowest BCUT2D eigenvalue weighted by molar-refractivity contribution is -0.120. The van der Waals surface area contributed by atoms with Crippen LogP contribution in [0.25, 0.3) is 21.9 Å². The van der Waals surface area contributed by atoms with E-state index in [0.29, 0.717) is 58.6 Å². The van der Waals surface area contributed by atoms with Crippen molar-refractivity contribution >= 4 is 22.2 Å². The zero-order valence-corrected chi connectivity index (χ0v) is 19.4. The van der Waals surface area contributed by atoms with Crippen molar-refractivity contribution in [1.82, 2.24) is 24.5 Å². The highest BCUT2D eigenvalue weighted by Gasteiger charge is 2.20. The number of carbonyl (C=O) groups is 1. The van der Waals surface area contributed by atoms with E-state index in [1.165, 1.54) is 26.5 Å². The van der Waals surface area contributed by atoms with Crippen molar-refractivity contribution in [2.24, 2.45) is 0 Å². The number of fused-ring (bicyclic) bond motifs is 1. The zero-order valence-electron chi connectivity index (χ0n) is 18.6. The molecule has 0 atom stereocenters. The van der Waals surface area contributed by atoms with Crippen molar-refractivity contribution in [3.05, 3.63) is 69.0 Å². The molecule has 0 spiro atoms. The number of hydrogen-bond acceptors (Lipinski definition) is 6. The number of rotatable bonds is 8. The Labute approximate surface area is 193 Å². The minimum atomic E-state index is -0.408. The average Bonchev–Trinajstić information content (AvgIpc) is 3.35. The van der Waals surface area contributed by atoms with E-state index in [2.05, 4.69) is 15.4 Å². The van der Waals surface area contributed by atoms with E-state index in [0.717, 1.165) is 0 Å². The van der Waals surface area contributed by atoms with Crippen molar-refractivity contribution < 1.29 is 13.9 Å². The molecule has 33 heavy (non-hydrogen) atoms. The molecule has 0 fully saturated rings. The molecule has 0 saturated heterocycles. The summed E-state index contributed by atoms with van der Waals surface area (Å²) in [5, 5.41) is 9.11. The van der Waals surface area contributed by atoms with Gasteiger partial charge in [0.1, 0.15) is 17.2 Å². The monoisotopic (exact) mass is 469 g/mol. The molecule has 0 aliphatic carbocycles. The number of benzene rings is 1. The van der Waals surface area contributed by atoms with Crippen LogP contribution in [-0.2, 0) is 16.0 Å². The van der Waals surface area contributed by atoms with Crippen LogP contribution in [-0.4, -0.2) is 45.3 Å². The Morgan fingerprint density at radius 3 is 2.82 bits per heavy atom. The minimum Gasteiger partial charge on any atom is -0.385 e. The van der Waals surface area contributed by atoms with Gasteiger partial charge < -0.3 is 10.1 Å². The van der Waals surface area contributed by atoms with Crippen molar-refractivity contribution in [1.29, 1.82) is 0 Å². The predicted octanol–water partition coefficient (Wildman–Crippen LogP) is 3.06. The molecule has 0 aliphatic heterocycles. The number of ether oxygens (including phenoxy) is 1. The van der Waals surface area contributed by atoms with Crippen LogP contribution in [0.4, 0.5) is 4.39 Å². The van der Waals surface area contributed by atoms with Crippen LogP contribution in [0.2, 0.25) is 0 Å². The topological polar surface area (TPSA) is 90.5 Å². The number of amides is 1. The molecular formula is C23H24FN5O3S. The molecule has 0 aliphatic rings. The standard InChI is InChI=1S/C23H24FN5O3S/c1-14-11-18(27-29(14)19-8-5-4-7-17(19)24)21-15(2)26-23-28(22(21)31)16(13-33-23)12-20(30)25-9-6-10-32-3/h4-5,7-8,11,13H,6,9-10,12H2,1-3H3,(H,25,30). The Balaban J connectivity index is 1.71. The highest BCUT2D eigenvalue weighted by atomic mass is 32.1.